The van der Waals surface area contributed by atoms with Gasteiger partial charge in [0.15, 0.2) is 0 Å². The molecular formula is C26H27N2O+. The Morgan fingerprint density at radius 1 is 1.00 bits per heavy atom. The van der Waals surface area contributed by atoms with Crippen molar-refractivity contribution in [3.8, 4) is 0 Å². The summed E-state index contributed by atoms with van der Waals surface area (Å²) in [5, 5.41) is 5.64. The number of hydrogen-bond donors (Lipinski definition) is 1. The molecule has 3 aromatic carbocycles. The molecule has 1 amide bonds. The summed E-state index contributed by atoms with van der Waals surface area (Å²) < 4.78 is 0.341. The molecule has 0 aliphatic carbocycles. The van der Waals surface area contributed by atoms with Crippen LogP contribution in [0.4, 0.5) is 5.69 Å². The van der Waals surface area contributed by atoms with Crippen molar-refractivity contribution in [2.45, 2.75) is 18.3 Å². The SMILES string of the molecule is C=CC[N+]1(C(=O)c2cccc3ccccc23)CC2(CCNCC2)c2ccccc21. The summed E-state index contributed by atoms with van der Waals surface area (Å²) in [6.07, 6.45) is 4.06. The fourth-order valence-electron chi connectivity index (χ4n) is 5.61. The van der Waals surface area contributed by atoms with Crippen molar-refractivity contribution in [3.05, 3.63) is 90.5 Å². The molecule has 146 valence electrons. The first kappa shape index (κ1) is 18.3. The summed E-state index contributed by atoms with van der Waals surface area (Å²) in [7, 11) is 0. The molecule has 1 N–H and O–H groups in total. The second kappa shape index (κ2) is 6.94. The van der Waals surface area contributed by atoms with Crippen LogP contribution in [0.3, 0.4) is 0 Å². The highest BCUT2D eigenvalue weighted by Gasteiger charge is 2.56. The number of rotatable bonds is 3. The van der Waals surface area contributed by atoms with Gasteiger partial charge in [-0.2, -0.15) is 0 Å². The topological polar surface area (TPSA) is 29.1 Å². The molecule has 0 saturated carbocycles. The lowest BCUT2D eigenvalue weighted by molar-refractivity contribution is 0.0761. The highest BCUT2D eigenvalue weighted by Crippen LogP contribution is 2.50. The van der Waals surface area contributed by atoms with Crippen molar-refractivity contribution in [2.24, 2.45) is 0 Å². The second-order valence-corrected chi connectivity index (χ2v) is 8.48. The summed E-state index contributed by atoms with van der Waals surface area (Å²) in [5.41, 5.74) is 3.39. The predicted octanol–water partition coefficient (Wildman–Crippen LogP) is 4.81. The van der Waals surface area contributed by atoms with Crippen molar-refractivity contribution >= 4 is 22.4 Å². The van der Waals surface area contributed by atoms with Crippen LogP contribution in [0, 0.1) is 0 Å². The minimum Gasteiger partial charge on any atom is -0.317 e. The lowest BCUT2D eigenvalue weighted by Gasteiger charge is -2.36. The van der Waals surface area contributed by atoms with E-state index in [1.165, 1.54) is 5.56 Å². The van der Waals surface area contributed by atoms with Crippen LogP contribution in [0.5, 0.6) is 0 Å². The Hall–Kier alpha value is -2.75. The Kier molecular flexibility index (Phi) is 4.38. The zero-order valence-corrected chi connectivity index (χ0v) is 16.7. The first-order valence-electron chi connectivity index (χ1n) is 10.5. The van der Waals surface area contributed by atoms with Crippen LogP contribution < -0.4 is 9.80 Å². The molecule has 2 aliphatic heterocycles. The Morgan fingerprint density at radius 2 is 1.72 bits per heavy atom. The van der Waals surface area contributed by atoms with Gasteiger partial charge in [-0.25, -0.2) is 9.28 Å². The zero-order chi connectivity index (χ0) is 19.9. The Bertz CT molecular complexity index is 1090. The monoisotopic (exact) mass is 383 g/mol. The van der Waals surface area contributed by atoms with Crippen LogP contribution in [-0.4, -0.2) is 32.1 Å². The Balaban J connectivity index is 1.72. The van der Waals surface area contributed by atoms with Crippen molar-refractivity contribution in [1.29, 1.82) is 0 Å². The number of carbonyl (C=O) groups is 1. The van der Waals surface area contributed by atoms with Crippen LogP contribution in [0.25, 0.3) is 10.8 Å². The second-order valence-electron chi connectivity index (χ2n) is 8.48. The van der Waals surface area contributed by atoms with Crippen LogP contribution >= 0.6 is 0 Å². The van der Waals surface area contributed by atoms with E-state index < -0.39 is 0 Å². The van der Waals surface area contributed by atoms with Crippen LogP contribution in [0.2, 0.25) is 0 Å². The third kappa shape index (κ3) is 2.69. The molecule has 1 atom stereocenters. The standard InChI is InChI=1S/C26H27N2O/c1-2-18-28(25(29)22-11-7-9-20-8-3-4-10-21(20)22)19-26(14-16-27-17-15-26)23-12-5-6-13-24(23)28/h2-13,27H,1,14-19H2/q+1. The number of hydrogen-bond acceptors (Lipinski definition) is 2. The van der Waals surface area contributed by atoms with Crippen LogP contribution in [0.15, 0.2) is 79.4 Å². The van der Waals surface area contributed by atoms with Gasteiger partial charge >= 0.3 is 5.91 Å². The molecule has 2 heterocycles. The summed E-state index contributed by atoms with van der Waals surface area (Å²) in [4.78, 5) is 14.3. The fourth-order valence-corrected chi connectivity index (χ4v) is 5.61. The quantitative estimate of drug-likeness (QED) is 0.520. The van der Waals surface area contributed by atoms with E-state index in [4.69, 9.17) is 0 Å². The van der Waals surface area contributed by atoms with E-state index in [1.807, 2.05) is 30.3 Å². The number of nitrogens with one attached hydrogen (secondary N) is 1. The van der Waals surface area contributed by atoms with Crippen molar-refractivity contribution < 1.29 is 4.79 Å². The molecule has 0 radical (unpaired) electrons. The van der Waals surface area contributed by atoms with E-state index in [-0.39, 0.29) is 11.3 Å². The summed E-state index contributed by atoms with van der Waals surface area (Å²) in [6, 6.07) is 22.9. The van der Waals surface area contributed by atoms with Gasteiger partial charge < -0.3 is 5.32 Å². The average Bonchev–Trinajstić information content (AvgIpc) is 3.04. The fraction of sp³-hybridized carbons (Fsp3) is 0.269. The first-order chi connectivity index (χ1) is 14.2. The molecule has 1 spiro atoms. The van der Waals surface area contributed by atoms with Gasteiger partial charge in [0, 0.05) is 5.56 Å². The van der Waals surface area contributed by atoms with Gasteiger partial charge in [0.2, 0.25) is 0 Å². The third-order valence-electron chi connectivity index (χ3n) is 6.92. The maximum atomic E-state index is 14.3. The molecule has 3 aromatic rings. The number of fused-ring (bicyclic) bond motifs is 3. The van der Waals surface area contributed by atoms with E-state index in [0.29, 0.717) is 11.0 Å². The molecule has 2 aliphatic rings. The lowest BCUT2D eigenvalue weighted by Crippen LogP contribution is -2.57. The lowest BCUT2D eigenvalue weighted by atomic mass is 9.75. The summed E-state index contributed by atoms with van der Waals surface area (Å²) in [5.74, 6) is 0.185. The van der Waals surface area contributed by atoms with E-state index in [9.17, 15) is 4.79 Å². The number of carbonyl (C=O) groups excluding carboxylic acids is 1. The minimum absolute atomic E-state index is 0.0606. The molecule has 0 bridgehead atoms. The molecule has 1 saturated heterocycles. The molecule has 1 unspecified atom stereocenters. The maximum absolute atomic E-state index is 14.3. The van der Waals surface area contributed by atoms with Gasteiger partial charge in [-0.1, -0.05) is 61.2 Å². The smallest absolute Gasteiger partial charge is 0.317 e. The number of benzene rings is 3. The molecule has 3 nitrogen and oxygen atoms in total. The predicted molar refractivity (Wildman–Crippen MR) is 120 cm³/mol. The first-order valence-corrected chi connectivity index (χ1v) is 10.5. The third-order valence-corrected chi connectivity index (χ3v) is 6.92. The average molecular weight is 384 g/mol. The van der Waals surface area contributed by atoms with Crippen LogP contribution in [-0.2, 0) is 5.41 Å². The molecule has 29 heavy (non-hydrogen) atoms. The summed E-state index contributed by atoms with van der Waals surface area (Å²) >= 11 is 0. The van der Waals surface area contributed by atoms with Crippen molar-refractivity contribution in [3.63, 3.8) is 0 Å². The highest BCUT2D eigenvalue weighted by atomic mass is 16.2. The molecule has 5 rings (SSSR count). The van der Waals surface area contributed by atoms with Crippen molar-refractivity contribution in [2.75, 3.05) is 26.2 Å². The normalized spacial score (nSPS) is 22.5. The van der Waals surface area contributed by atoms with Gasteiger partial charge in [0.05, 0.1) is 11.0 Å². The zero-order valence-electron chi connectivity index (χ0n) is 16.7. The molecular weight excluding hydrogens is 356 g/mol. The number of amides is 1. The van der Waals surface area contributed by atoms with Crippen molar-refractivity contribution in [1.82, 2.24) is 9.80 Å². The summed E-state index contributed by atoms with van der Waals surface area (Å²) in [6.45, 7) is 7.48. The van der Waals surface area contributed by atoms with E-state index in [0.717, 1.165) is 54.5 Å². The van der Waals surface area contributed by atoms with Gasteiger partial charge in [0.25, 0.3) is 0 Å². The number of piperidine rings is 1. The minimum atomic E-state index is 0.0606. The van der Waals surface area contributed by atoms with Gasteiger partial charge in [-0.05, 0) is 54.9 Å². The van der Waals surface area contributed by atoms with Gasteiger partial charge in [-0.3, -0.25) is 0 Å². The number of para-hydroxylation sites is 1. The molecule has 1 fully saturated rings. The van der Waals surface area contributed by atoms with E-state index >= 15 is 0 Å². The highest BCUT2D eigenvalue weighted by molar-refractivity contribution is 6.12. The molecule has 0 aromatic heterocycles. The Labute approximate surface area is 172 Å². The van der Waals surface area contributed by atoms with E-state index in [1.54, 1.807) is 0 Å². The van der Waals surface area contributed by atoms with E-state index in [2.05, 4.69) is 54.4 Å². The largest absolute Gasteiger partial charge is 0.351 e. The van der Waals surface area contributed by atoms with Crippen LogP contribution in [0.1, 0.15) is 28.8 Å². The number of nitrogens with zero attached hydrogens (tertiary/aromatic N) is 1. The Morgan fingerprint density at radius 3 is 2.55 bits per heavy atom. The number of quaternary nitrogens is 1. The maximum Gasteiger partial charge on any atom is 0.351 e. The molecule has 3 heteroatoms. The van der Waals surface area contributed by atoms with Gasteiger partial charge in [0.1, 0.15) is 18.8 Å². The van der Waals surface area contributed by atoms with Gasteiger partial charge in [-0.15, -0.1) is 0 Å².